The van der Waals surface area contributed by atoms with Gasteiger partial charge in [-0.2, -0.15) is 0 Å². The molecule has 0 spiro atoms. The molecule has 0 bridgehead atoms. The van der Waals surface area contributed by atoms with Gasteiger partial charge in [0, 0.05) is 31.9 Å². The van der Waals surface area contributed by atoms with E-state index in [1.807, 2.05) is 7.05 Å². The van der Waals surface area contributed by atoms with Crippen molar-refractivity contribution in [1.82, 2.24) is 4.98 Å². The van der Waals surface area contributed by atoms with Gasteiger partial charge in [-0.25, -0.2) is 0 Å². The van der Waals surface area contributed by atoms with Crippen LogP contribution in [-0.2, 0) is 6.42 Å². The normalized spacial score (nSPS) is 10.8. The zero-order valence-electron chi connectivity index (χ0n) is 9.85. The highest BCUT2D eigenvalue weighted by molar-refractivity contribution is 14.1. The molecule has 0 aliphatic carbocycles. The summed E-state index contributed by atoms with van der Waals surface area (Å²) in [6.45, 7) is 2.18. The first-order valence-corrected chi connectivity index (χ1v) is 7.50. The minimum absolute atomic E-state index is 1.02. The predicted molar refractivity (Wildman–Crippen MR) is 85.7 cm³/mol. The van der Waals surface area contributed by atoms with Gasteiger partial charge in [-0.1, -0.05) is 13.3 Å². The Hall–Kier alpha value is -0.360. The maximum Gasteiger partial charge on any atom is 0.0878 e. The SMILES string of the molecule is CCCc1cc(NC)c2c(I)ccc(Br)c2n1. The van der Waals surface area contributed by atoms with E-state index in [4.69, 9.17) is 4.98 Å². The van der Waals surface area contributed by atoms with Crippen molar-refractivity contribution >= 4 is 55.1 Å². The van der Waals surface area contributed by atoms with Crippen LogP contribution in [0.3, 0.4) is 0 Å². The molecule has 0 aliphatic rings. The van der Waals surface area contributed by atoms with Gasteiger partial charge < -0.3 is 5.32 Å². The Bertz CT molecular complexity index is 555. The second kappa shape index (κ2) is 5.52. The van der Waals surface area contributed by atoms with E-state index in [-0.39, 0.29) is 0 Å². The Morgan fingerprint density at radius 2 is 2.18 bits per heavy atom. The van der Waals surface area contributed by atoms with Gasteiger partial charge >= 0.3 is 0 Å². The number of fused-ring (bicyclic) bond motifs is 1. The number of rotatable bonds is 3. The third-order valence-corrected chi connectivity index (χ3v) is 4.23. The Morgan fingerprint density at radius 3 is 2.82 bits per heavy atom. The lowest BCUT2D eigenvalue weighted by Crippen LogP contribution is -1.98. The molecule has 0 atom stereocenters. The van der Waals surface area contributed by atoms with E-state index in [0.29, 0.717) is 0 Å². The third kappa shape index (κ3) is 2.57. The number of pyridine rings is 1. The fraction of sp³-hybridized carbons (Fsp3) is 0.308. The number of hydrogen-bond donors (Lipinski definition) is 1. The molecule has 2 nitrogen and oxygen atoms in total. The van der Waals surface area contributed by atoms with Crippen molar-refractivity contribution in [2.24, 2.45) is 0 Å². The van der Waals surface area contributed by atoms with Crippen molar-refractivity contribution in [2.45, 2.75) is 19.8 Å². The van der Waals surface area contributed by atoms with Crippen molar-refractivity contribution in [3.63, 3.8) is 0 Å². The van der Waals surface area contributed by atoms with E-state index in [1.54, 1.807) is 0 Å². The van der Waals surface area contributed by atoms with Gasteiger partial charge in [-0.05, 0) is 63.1 Å². The first-order valence-electron chi connectivity index (χ1n) is 5.62. The molecule has 90 valence electrons. The van der Waals surface area contributed by atoms with Crippen molar-refractivity contribution < 1.29 is 0 Å². The van der Waals surface area contributed by atoms with Crippen molar-refractivity contribution in [1.29, 1.82) is 0 Å². The molecule has 2 rings (SSSR count). The van der Waals surface area contributed by atoms with E-state index < -0.39 is 0 Å². The summed E-state index contributed by atoms with van der Waals surface area (Å²) in [5, 5.41) is 4.47. The van der Waals surface area contributed by atoms with Gasteiger partial charge in [0.15, 0.2) is 0 Å². The minimum atomic E-state index is 1.02. The molecule has 1 aromatic carbocycles. The molecular weight excluding hydrogens is 391 g/mol. The van der Waals surface area contributed by atoms with E-state index in [9.17, 15) is 0 Å². The summed E-state index contributed by atoms with van der Waals surface area (Å²) in [4.78, 5) is 4.74. The van der Waals surface area contributed by atoms with Crippen LogP contribution in [-0.4, -0.2) is 12.0 Å². The highest BCUT2D eigenvalue weighted by Gasteiger charge is 2.10. The maximum absolute atomic E-state index is 4.74. The lowest BCUT2D eigenvalue weighted by molar-refractivity contribution is 0.890. The number of nitrogens with zero attached hydrogens (tertiary/aromatic N) is 1. The van der Waals surface area contributed by atoms with Crippen LogP contribution in [0.1, 0.15) is 19.0 Å². The molecule has 0 unspecified atom stereocenters. The van der Waals surface area contributed by atoms with Gasteiger partial charge in [0.05, 0.1) is 5.52 Å². The number of anilines is 1. The summed E-state index contributed by atoms with van der Waals surface area (Å²) in [6, 6.07) is 6.32. The van der Waals surface area contributed by atoms with Gasteiger partial charge in [-0.3, -0.25) is 4.98 Å². The van der Waals surface area contributed by atoms with Crippen LogP contribution >= 0.6 is 38.5 Å². The highest BCUT2D eigenvalue weighted by Crippen LogP contribution is 2.32. The van der Waals surface area contributed by atoms with Gasteiger partial charge in [0.1, 0.15) is 0 Å². The summed E-state index contributed by atoms with van der Waals surface area (Å²) in [5.41, 5.74) is 3.35. The predicted octanol–water partition coefficient (Wildman–Crippen LogP) is 4.60. The van der Waals surface area contributed by atoms with Crippen LogP contribution in [0, 0.1) is 3.57 Å². The van der Waals surface area contributed by atoms with Crippen LogP contribution < -0.4 is 5.32 Å². The van der Waals surface area contributed by atoms with E-state index in [1.165, 1.54) is 8.96 Å². The fourth-order valence-corrected chi connectivity index (χ4v) is 3.05. The number of hydrogen-bond acceptors (Lipinski definition) is 2. The van der Waals surface area contributed by atoms with Crippen LogP contribution in [0.15, 0.2) is 22.7 Å². The first kappa shape index (κ1) is 13.1. The number of benzene rings is 1. The Balaban J connectivity index is 2.77. The molecule has 1 N–H and O–H groups in total. The molecule has 2 aromatic rings. The molecule has 1 aromatic heterocycles. The molecular formula is C13H14BrIN2. The number of aryl methyl sites for hydroxylation is 1. The maximum atomic E-state index is 4.74. The standard InChI is InChI=1S/C13H14BrIN2/c1-3-4-8-7-11(16-2)12-10(15)6-5-9(14)13(12)17-8/h5-7H,3-4H2,1-2H3,(H,16,17). The Labute approximate surface area is 123 Å². The zero-order valence-corrected chi connectivity index (χ0v) is 13.6. The highest BCUT2D eigenvalue weighted by atomic mass is 127. The van der Waals surface area contributed by atoms with E-state index >= 15 is 0 Å². The topological polar surface area (TPSA) is 24.9 Å². The lowest BCUT2D eigenvalue weighted by Gasteiger charge is -2.11. The van der Waals surface area contributed by atoms with Gasteiger partial charge in [0.25, 0.3) is 0 Å². The number of halogens is 2. The number of nitrogens with one attached hydrogen (secondary N) is 1. The molecule has 0 saturated carbocycles. The average Bonchev–Trinajstić information content (AvgIpc) is 2.33. The van der Waals surface area contributed by atoms with Gasteiger partial charge in [0.2, 0.25) is 0 Å². The summed E-state index contributed by atoms with van der Waals surface area (Å²) in [7, 11) is 1.96. The molecule has 1 heterocycles. The summed E-state index contributed by atoms with van der Waals surface area (Å²) >= 11 is 5.94. The monoisotopic (exact) mass is 404 g/mol. The second-order valence-corrected chi connectivity index (χ2v) is 5.93. The molecule has 0 saturated heterocycles. The Kier molecular flexibility index (Phi) is 4.25. The van der Waals surface area contributed by atoms with E-state index in [2.05, 4.69) is 69.0 Å². The lowest BCUT2D eigenvalue weighted by atomic mass is 10.1. The number of aromatic nitrogens is 1. The first-order chi connectivity index (χ1) is 8.17. The summed E-state index contributed by atoms with van der Waals surface area (Å²) in [6.07, 6.45) is 2.13. The van der Waals surface area contributed by atoms with E-state index in [0.717, 1.165) is 34.2 Å². The molecule has 17 heavy (non-hydrogen) atoms. The summed E-state index contributed by atoms with van der Waals surface area (Å²) < 4.78 is 2.28. The van der Waals surface area contributed by atoms with Crippen LogP contribution in [0.2, 0.25) is 0 Å². The quantitative estimate of drug-likeness (QED) is 0.756. The van der Waals surface area contributed by atoms with Gasteiger partial charge in [-0.15, -0.1) is 0 Å². The molecule has 0 aliphatic heterocycles. The van der Waals surface area contributed by atoms with Crippen molar-refractivity contribution in [3.05, 3.63) is 31.9 Å². The van der Waals surface area contributed by atoms with Crippen LogP contribution in [0.5, 0.6) is 0 Å². The fourth-order valence-electron chi connectivity index (χ4n) is 1.90. The Morgan fingerprint density at radius 1 is 1.41 bits per heavy atom. The molecule has 0 radical (unpaired) electrons. The van der Waals surface area contributed by atoms with Crippen molar-refractivity contribution in [2.75, 3.05) is 12.4 Å². The molecule has 0 fully saturated rings. The van der Waals surface area contributed by atoms with Crippen molar-refractivity contribution in [3.8, 4) is 0 Å². The largest absolute Gasteiger partial charge is 0.387 e. The molecule has 4 heteroatoms. The smallest absolute Gasteiger partial charge is 0.0878 e. The second-order valence-electron chi connectivity index (χ2n) is 3.91. The van der Waals surface area contributed by atoms with Crippen LogP contribution in [0.4, 0.5) is 5.69 Å². The minimum Gasteiger partial charge on any atom is -0.387 e. The third-order valence-electron chi connectivity index (χ3n) is 2.69. The summed E-state index contributed by atoms with van der Waals surface area (Å²) in [5.74, 6) is 0. The average molecular weight is 405 g/mol. The molecule has 0 amide bonds. The zero-order chi connectivity index (χ0) is 12.4. The van der Waals surface area contributed by atoms with Crippen LogP contribution in [0.25, 0.3) is 10.9 Å².